The molecule has 2 unspecified atom stereocenters. The number of ether oxygens (including phenoxy) is 1. The van der Waals surface area contributed by atoms with Gasteiger partial charge in [0.1, 0.15) is 6.04 Å². The first-order chi connectivity index (χ1) is 8.36. The molecule has 0 aliphatic heterocycles. The summed E-state index contributed by atoms with van der Waals surface area (Å²) in [5.41, 5.74) is 5.03. The van der Waals surface area contributed by atoms with Crippen LogP contribution in [0.5, 0.6) is 0 Å². The molecule has 0 aliphatic carbocycles. The van der Waals surface area contributed by atoms with E-state index in [0.29, 0.717) is 0 Å². The summed E-state index contributed by atoms with van der Waals surface area (Å²) in [6.45, 7) is 10.2. The number of benzene rings is 1. The molecule has 3 nitrogen and oxygen atoms in total. The van der Waals surface area contributed by atoms with Crippen LogP contribution in [0.25, 0.3) is 0 Å². The van der Waals surface area contributed by atoms with Crippen LogP contribution in [0.2, 0.25) is 0 Å². The van der Waals surface area contributed by atoms with E-state index in [1.807, 2.05) is 6.92 Å². The minimum absolute atomic E-state index is 0.125. The zero-order valence-corrected chi connectivity index (χ0v) is 12.1. The number of hydrogen-bond donors (Lipinski definition) is 1. The van der Waals surface area contributed by atoms with Crippen LogP contribution in [0, 0.1) is 20.8 Å². The predicted octanol–water partition coefficient (Wildman–Crippen LogP) is 2.82. The molecule has 1 aromatic carbocycles. The number of methoxy groups -OCH3 is 1. The van der Waals surface area contributed by atoms with Crippen molar-refractivity contribution < 1.29 is 9.53 Å². The number of carbonyl (C=O) groups excluding carboxylic acids is 1. The van der Waals surface area contributed by atoms with Crippen molar-refractivity contribution in [2.45, 2.75) is 46.7 Å². The fraction of sp³-hybridized carbons (Fsp3) is 0.533. The Hall–Kier alpha value is -1.35. The largest absolute Gasteiger partial charge is 0.468 e. The number of carbonyl (C=O) groups is 1. The second-order valence-corrected chi connectivity index (χ2v) is 4.95. The topological polar surface area (TPSA) is 38.3 Å². The van der Waals surface area contributed by atoms with Crippen molar-refractivity contribution in [2.75, 3.05) is 7.11 Å². The molecule has 0 aromatic heterocycles. The number of nitrogens with one attached hydrogen (secondary N) is 1. The predicted molar refractivity (Wildman–Crippen MR) is 73.7 cm³/mol. The summed E-state index contributed by atoms with van der Waals surface area (Å²) in [4.78, 5) is 11.4. The average Bonchev–Trinajstić information content (AvgIpc) is 2.26. The maximum Gasteiger partial charge on any atom is 0.322 e. The smallest absolute Gasteiger partial charge is 0.322 e. The Labute approximate surface area is 110 Å². The Kier molecular flexibility index (Phi) is 4.91. The zero-order chi connectivity index (χ0) is 13.9. The molecule has 0 saturated heterocycles. The van der Waals surface area contributed by atoms with E-state index in [2.05, 4.69) is 45.1 Å². The highest BCUT2D eigenvalue weighted by Crippen LogP contribution is 2.23. The molecule has 0 saturated carbocycles. The molecule has 18 heavy (non-hydrogen) atoms. The number of rotatable bonds is 4. The van der Waals surface area contributed by atoms with Crippen molar-refractivity contribution >= 4 is 5.97 Å². The third-order valence-corrected chi connectivity index (χ3v) is 3.23. The van der Waals surface area contributed by atoms with E-state index in [1.165, 1.54) is 29.4 Å². The highest BCUT2D eigenvalue weighted by Gasteiger charge is 2.18. The molecule has 3 heteroatoms. The van der Waals surface area contributed by atoms with Crippen LogP contribution < -0.4 is 5.32 Å². The highest BCUT2D eigenvalue weighted by atomic mass is 16.5. The quantitative estimate of drug-likeness (QED) is 0.834. The van der Waals surface area contributed by atoms with Crippen LogP contribution in [0.3, 0.4) is 0 Å². The van der Waals surface area contributed by atoms with Crippen molar-refractivity contribution in [2.24, 2.45) is 0 Å². The lowest BCUT2D eigenvalue weighted by Gasteiger charge is -2.22. The molecule has 0 amide bonds. The lowest BCUT2D eigenvalue weighted by atomic mass is 9.94. The second kappa shape index (κ2) is 6.01. The fourth-order valence-electron chi connectivity index (χ4n) is 2.58. The molecule has 1 N–H and O–H groups in total. The van der Waals surface area contributed by atoms with Crippen LogP contribution in [0.1, 0.15) is 42.1 Å². The Morgan fingerprint density at radius 3 is 2.11 bits per heavy atom. The van der Waals surface area contributed by atoms with Gasteiger partial charge in [-0.15, -0.1) is 0 Å². The van der Waals surface area contributed by atoms with Gasteiger partial charge in [-0.25, -0.2) is 0 Å². The van der Waals surface area contributed by atoms with Gasteiger partial charge in [0.25, 0.3) is 0 Å². The molecule has 2 atom stereocenters. The summed E-state index contributed by atoms with van der Waals surface area (Å²) < 4.78 is 4.73. The third-order valence-electron chi connectivity index (χ3n) is 3.23. The first-order valence-electron chi connectivity index (χ1n) is 6.28. The van der Waals surface area contributed by atoms with E-state index in [-0.39, 0.29) is 18.1 Å². The van der Waals surface area contributed by atoms with Crippen molar-refractivity contribution in [3.8, 4) is 0 Å². The lowest BCUT2D eigenvalue weighted by molar-refractivity contribution is -0.142. The average molecular weight is 249 g/mol. The Balaban J connectivity index is 2.91. The summed E-state index contributed by atoms with van der Waals surface area (Å²) in [5.74, 6) is -0.232. The van der Waals surface area contributed by atoms with E-state index in [1.54, 1.807) is 0 Å². The van der Waals surface area contributed by atoms with E-state index >= 15 is 0 Å². The van der Waals surface area contributed by atoms with Gasteiger partial charge in [-0.1, -0.05) is 17.7 Å². The summed E-state index contributed by atoms with van der Waals surface area (Å²) in [6, 6.07) is 4.16. The summed E-state index contributed by atoms with van der Waals surface area (Å²) in [7, 11) is 1.41. The molecule has 0 fully saturated rings. The Morgan fingerprint density at radius 1 is 1.17 bits per heavy atom. The Morgan fingerprint density at radius 2 is 1.67 bits per heavy atom. The second-order valence-electron chi connectivity index (χ2n) is 4.95. The van der Waals surface area contributed by atoms with Crippen LogP contribution >= 0.6 is 0 Å². The van der Waals surface area contributed by atoms with E-state index in [0.717, 1.165) is 0 Å². The van der Waals surface area contributed by atoms with Crippen LogP contribution in [-0.2, 0) is 9.53 Å². The molecule has 0 spiro atoms. The van der Waals surface area contributed by atoms with Gasteiger partial charge >= 0.3 is 5.97 Å². The molecule has 1 aromatic rings. The molecule has 1 rings (SSSR count). The molecule has 0 heterocycles. The SMILES string of the molecule is COC(=O)C(C)NC(C)c1c(C)cc(C)cc1C. The molecule has 0 radical (unpaired) electrons. The van der Waals surface area contributed by atoms with Gasteiger partial charge in [-0.05, 0) is 51.3 Å². The lowest BCUT2D eigenvalue weighted by Crippen LogP contribution is -2.37. The first-order valence-corrected chi connectivity index (χ1v) is 6.28. The van der Waals surface area contributed by atoms with Crippen molar-refractivity contribution in [1.29, 1.82) is 0 Å². The third kappa shape index (κ3) is 3.33. The minimum atomic E-state index is -0.301. The van der Waals surface area contributed by atoms with E-state index < -0.39 is 0 Å². The van der Waals surface area contributed by atoms with Crippen molar-refractivity contribution in [3.63, 3.8) is 0 Å². The van der Waals surface area contributed by atoms with Gasteiger partial charge in [0, 0.05) is 6.04 Å². The highest BCUT2D eigenvalue weighted by molar-refractivity contribution is 5.75. The summed E-state index contributed by atoms with van der Waals surface area (Å²) >= 11 is 0. The molecular formula is C15H23NO2. The molecular weight excluding hydrogens is 226 g/mol. The number of aryl methyl sites for hydroxylation is 3. The van der Waals surface area contributed by atoms with Crippen molar-refractivity contribution in [1.82, 2.24) is 5.32 Å². The molecule has 100 valence electrons. The van der Waals surface area contributed by atoms with Gasteiger partial charge in [0.15, 0.2) is 0 Å². The van der Waals surface area contributed by atoms with Gasteiger partial charge in [0.2, 0.25) is 0 Å². The van der Waals surface area contributed by atoms with E-state index in [9.17, 15) is 4.79 Å². The molecule has 0 aliphatic rings. The van der Waals surface area contributed by atoms with Gasteiger partial charge < -0.3 is 4.74 Å². The standard InChI is InChI=1S/C15H23NO2/c1-9-7-10(2)14(11(3)8-9)12(4)16-13(5)15(17)18-6/h7-8,12-13,16H,1-6H3. The minimum Gasteiger partial charge on any atom is -0.468 e. The van der Waals surface area contributed by atoms with Gasteiger partial charge in [-0.2, -0.15) is 0 Å². The van der Waals surface area contributed by atoms with E-state index in [4.69, 9.17) is 4.74 Å². The fourth-order valence-corrected chi connectivity index (χ4v) is 2.58. The Bertz CT molecular complexity index is 417. The maximum absolute atomic E-state index is 11.4. The first kappa shape index (κ1) is 14.7. The maximum atomic E-state index is 11.4. The summed E-state index contributed by atoms with van der Waals surface area (Å²) in [6.07, 6.45) is 0. The zero-order valence-electron chi connectivity index (χ0n) is 12.1. The summed E-state index contributed by atoms with van der Waals surface area (Å²) in [5, 5.41) is 3.27. The van der Waals surface area contributed by atoms with Crippen LogP contribution in [0.15, 0.2) is 12.1 Å². The van der Waals surface area contributed by atoms with Crippen LogP contribution in [-0.4, -0.2) is 19.1 Å². The van der Waals surface area contributed by atoms with Crippen LogP contribution in [0.4, 0.5) is 0 Å². The monoisotopic (exact) mass is 249 g/mol. The number of hydrogen-bond acceptors (Lipinski definition) is 3. The number of esters is 1. The van der Waals surface area contributed by atoms with Crippen molar-refractivity contribution in [3.05, 3.63) is 34.4 Å². The van der Waals surface area contributed by atoms with Gasteiger partial charge in [0.05, 0.1) is 7.11 Å². The normalized spacial score (nSPS) is 14.1. The molecule has 0 bridgehead atoms. The van der Waals surface area contributed by atoms with Gasteiger partial charge in [-0.3, -0.25) is 10.1 Å².